The number of methoxy groups -OCH3 is 1. The number of Topliss-reactive ketones (excluding diaryl/α,β-unsaturated/α-hetero) is 1. The molecule has 3 nitrogen and oxygen atoms in total. The number of hydrogen-bond donors (Lipinski definition) is 1. The van der Waals surface area contributed by atoms with Gasteiger partial charge in [0, 0.05) is 19.1 Å². The number of carbonyl (C=O) groups is 1. The van der Waals surface area contributed by atoms with Gasteiger partial charge in [0.25, 0.3) is 0 Å². The maximum atomic E-state index is 13.3. The summed E-state index contributed by atoms with van der Waals surface area (Å²) in [4.78, 5) is 13.3. The molecular weight excluding hydrogens is 324 g/mol. The lowest BCUT2D eigenvalue weighted by Crippen LogP contribution is -2.52. The fourth-order valence-electron chi connectivity index (χ4n) is 3.87. The van der Waals surface area contributed by atoms with Gasteiger partial charge in [-0.05, 0) is 54.3 Å². The molecule has 2 aromatic carbocycles. The molecule has 2 aromatic rings. The summed E-state index contributed by atoms with van der Waals surface area (Å²) in [6, 6.07) is 13.8. The van der Waals surface area contributed by atoms with Gasteiger partial charge in [-0.2, -0.15) is 0 Å². The fourth-order valence-corrected chi connectivity index (χ4v) is 3.87. The minimum absolute atomic E-state index is 0.102. The van der Waals surface area contributed by atoms with E-state index in [1.54, 1.807) is 20.8 Å². The van der Waals surface area contributed by atoms with Crippen molar-refractivity contribution in [3.63, 3.8) is 0 Å². The smallest absolute Gasteiger partial charge is 0.195 e. The highest BCUT2D eigenvalue weighted by atomic mass is 16.5. The van der Waals surface area contributed by atoms with Gasteiger partial charge in [-0.1, -0.05) is 43.0 Å². The summed E-state index contributed by atoms with van der Waals surface area (Å²) in [5.74, 6) is -0.116. The van der Waals surface area contributed by atoms with Crippen molar-refractivity contribution in [2.75, 3.05) is 7.11 Å². The van der Waals surface area contributed by atoms with Gasteiger partial charge in [-0.3, -0.25) is 4.79 Å². The Morgan fingerprint density at radius 2 is 1.85 bits per heavy atom. The number of ether oxygens (including phenoxy) is 1. The standard InChI is InChI=1S/C23H24O3/c1-6-15(2)22(25)14-23(26-5,21(24)16(3)17(22)4)20-12-11-18-9-7-8-10-19(18)13-20/h7-13,25H,1,14H2,2-5H3/t22-,23+/m0/s1. The van der Waals surface area contributed by atoms with Gasteiger partial charge < -0.3 is 9.84 Å². The van der Waals surface area contributed by atoms with E-state index in [2.05, 4.69) is 12.3 Å². The average Bonchev–Trinajstić information content (AvgIpc) is 2.68. The molecule has 26 heavy (non-hydrogen) atoms. The van der Waals surface area contributed by atoms with E-state index in [1.807, 2.05) is 42.5 Å². The van der Waals surface area contributed by atoms with Crippen molar-refractivity contribution in [1.29, 1.82) is 0 Å². The van der Waals surface area contributed by atoms with Crippen LogP contribution < -0.4 is 0 Å². The second-order valence-corrected chi connectivity index (χ2v) is 7.01. The van der Waals surface area contributed by atoms with Gasteiger partial charge >= 0.3 is 0 Å². The first-order valence-electron chi connectivity index (χ1n) is 8.67. The van der Waals surface area contributed by atoms with Crippen LogP contribution in [0.5, 0.6) is 0 Å². The lowest BCUT2D eigenvalue weighted by Gasteiger charge is -2.44. The van der Waals surface area contributed by atoms with Crippen molar-refractivity contribution < 1.29 is 14.6 Å². The topological polar surface area (TPSA) is 46.5 Å². The molecule has 1 aliphatic carbocycles. The number of carbonyl (C=O) groups excluding carboxylic acids is 1. The van der Waals surface area contributed by atoms with Crippen LogP contribution in [0.1, 0.15) is 32.8 Å². The molecular formula is C23H24O3. The Labute approximate surface area is 154 Å². The Hall–Kier alpha value is -2.45. The summed E-state index contributed by atoms with van der Waals surface area (Å²) in [7, 11) is 1.52. The van der Waals surface area contributed by atoms with E-state index in [0.29, 0.717) is 16.7 Å². The molecule has 0 fully saturated rings. The molecule has 1 N–H and O–H groups in total. The Balaban J connectivity index is 2.27. The van der Waals surface area contributed by atoms with Crippen molar-refractivity contribution >= 4 is 16.6 Å². The summed E-state index contributed by atoms with van der Waals surface area (Å²) in [6.07, 6.45) is 0.102. The van der Waals surface area contributed by atoms with E-state index in [0.717, 1.165) is 16.3 Å². The van der Waals surface area contributed by atoms with E-state index in [-0.39, 0.29) is 12.2 Å². The average molecular weight is 348 g/mol. The number of aliphatic hydroxyl groups is 1. The van der Waals surface area contributed by atoms with Gasteiger partial charge in [-0.15, -0.1) is 5.73 Å². The monoisotopic (exact) mass is 348 g/mol. The molecule has 0 aliphatic heterocycles. The van der Waals surface area contributed by atoms with Crippen LogP contribution in [0, 0.1) is 0 Å². The zero-order valence-corrected chi connectivity index (χ0v) is 15.7. The van der Waals surface area contributed by atoms with Gasteiger partial charge in [0.2, 0.25) is 0 Å². The minimum atomic E-state index is -1.32. The normalized spacial score (nSPS) is 26.1. The predicted molar refractivity (Wildman–Crippen MR) is 104 cm³/mol. The van der Waals surface area contributed by atoms with Crippen LogP contribution in [-0.2, 0) is 15.1 Å². The second kappa shape index (κ2) is 6.37. The Kier molecular flexibility index (Phi) is 4.49. The van der Waals surface area contributed by atoms with E-state index in [1.165, 1.54) is 7.11 Å². The molecule has 0 bridgehead atoms. The zero-order chi connectivity index (χ0) is 19.1. The maximum absolute atomic E-state index is 13.3. The Bertz CT molecular complexity index is 978. The summed E-state index contributed by atoms with van der Waals surface area (Å²) in [5, 5.41) is 13.5. The molecule has 3 heteroatoms. The number of hydrogen-bond acceptors (Lipinski definition) is 3. The Morgan fingerprint density at radius 1 is 1.19 bits per heavy atom. The van der Waals surface area contributed by atoms with Gasteiger partial charge in [-0.25, -0.2) is 0 Å². The van der Waals surface area contributed by atoms with Crippen LogP contribution in [0.25, 0.3) is 10.8 Å². The lowest BCUT2D eigenvalue weighted by molar-refractivity contribution is -0.147. The van der Waals surface area contributed by atoms with E-state index < -0.39 is 11.2 Å². The van der Waals surface area contributed by atoms with Crippen molar-refractivity contribution in [2.45, 2.75) is 38.4 Å². The Morgan fingerprint density at radius 3 is 2.46 bits per heavy atom. The molecule has 3 rings (SSSR count). The number of rotatable bonds is 3. The van der Waals surface area contributed by atoms with Crippen LogP contribution in [0.2, 0.25) is 0 Å². The van der Waals surface area contributed by atoms with E-state index >= 15 is 0 Å². The molecule has 0 saturated carbocycles. The molecule has 0 amide bonds. The van der Waals surface area contributed by atoms with Crippen LogP contribution >= 0.6 is 0 Å². The second-order valence-electron chi connectivity index (χ2n) is 7.01. The molecule has 0 saturated heterocycles. The molecule has 0 aromatic heterocycles. The van der Waals surface area contributed by atoms with Crippen LogP contribution in [0.15, 0.2) is 71.5 Å². The van der Waals surface area contributed by atoms with Crippen molar-refractivity contribution in [1.82, 2.24) is 0 Å². The largest absolute Gasteiger partial charge is 0.380 e. The number of ketones is 1. The molecule has 0 spiro atoms. The molecule has 2 atom stereocenters. The third-order valence-electron chi connectivity index (χ3n) is 5.84. The first-order chi connectivity index (χ1) is 12.3. The van der Waals surface area contributed by atoms with Gasteiger partial charge in [0.1, 0.15) is 5.60 Å². The highest BCUT2D eigenvalue weighted by molar-refractivity contribution is 6.05. The fraction of sp³-hybridized carbons (Fsp3) is 0.304. The molecule has 0 unspecified atom stereocenters. The quantitative estimate of drug-likeness (QED) is 0.834. The summed E-state index contributed by atoms with van der Waals surface area (Å²) in [6.45, 7) is 8.98. The first kappa shape index (κ1) is 18.3. The zero-order valence-electron chi connectivity index (χ0n) is 15.7. The number of benzene rings is 2. The van der Waals surface area contributed by atoms with Crippen LogP contribution in [-0.4, -0.2) is 23.6 Å². The molecule has 0 radical (unpaired) electrons. The molecule has 0 heterocycles. The third kappa shape index (κ3) is 2.48. The van der Waals surface area contributed by atoms with E-state index in [4.69, 9.17) is 4.74 Å². The minimum Gasteiger partial charge on any atom is -0.380 e. The van der Waals surface area contributed by atoms with Gasteiger partial charge in [0.15, 0.2) is 11.4 Å². The van der Waals surface area contributed by atoms with Crippen LogP contribution in [0.3, 0.4) is 0 Å². The van der Waals surface area contributed by atoms with Gasteiger partial charge in [0.05, 0.1) is 0 Å². The predicted octanol–water partition coefficient (Wildman–Crippen LogP) is 4.45. The SMILES string of the molecule is C=C=C(C)[C@@]1(O)C[C@@](OC)(c2ccc3ccccc3c2)C(=O)C(C)=C1C. The first-order valence-corrected chi connectivity index (χ1v) is 8.67. The lowest BCUT2D eigenvalue weighted by atomic mass is 9.66. The summed E-state index contributed by atoms with van der Waals surface area (Å²) in [5.41, 5.74) is 2.71. The third-order valence-corrected chi connectivity index (χ3v) is 5.84. The van der Waals surface area contributed by atoms with Crippen molar-refractivity contribution in [3.8, 4) is 0 Å². The van der Waals surface area contributed by atoms with E-state index in [9.17, 15) is 9.90 Å². The summed E-state index contributed by atoms with van der Waals surface area (Å²) < 4.78 is 5.83. The van der Waals surface area contributed by atoms with Crippen molar-refractivity contribution in [2.24, 2.45) is 0 Å². The van der Waals surface area contributed by atoms with Crippen LogP contribution in [0.4, 0.5) is 0 Å². The maximum Gasteiger partial charge on any atom is 0.195 e. The highest BCUT2D eigenvalue weighted by Crippen LogP contribution is 2.47. The van der Waals surface area contributed by atoms with Crippen molar-refractivity contribution in [3.05, 3.63) is 77.1 Å². The highest BCUT2D eigenvalue weighted by Gasteiger charge is 2.53. The molecule has 1 aliphatic rings. The summed E-state index contributed by atoms with van der Waals surface area (Å²) >= 11 is 0. The molecule has 134 valence electrons. The number of fused-ring (bicyclic) bond motifs is 1.